The highest BCUT2D eigenvalue weighted by Gasteiger charge is 2.22. The van der Waals surface area contributed by atoms with Crippen molar-refractivity contribution in [3.63, 3.8) is 0 Å². The maximum atomic E-state index is 5.52. The van der Waals surface area contributed by atoms with E-state index >= 15 is 0 Å². The average molecular weight is 151 g/mol. The number of allylic oxidation sites excluding steroid dienone is 3. The van der Waals surface area contributed by atoms with E-state index in [0.717, 1.165) is 19.4 Å². The Kier molecular flexibility index (Phi) is 2.50. The molecule has 0 unspecified atom stereocenters. The van der Waals surface area contributed by atoms with Crippen molar-refractivity contribution in [2.45, 2.75) is 26.7 Å². The first kappa shape index (κ1) is 8.54. The SMILES string of the molecule is CC1(C)CC=CC=C1CCN. The first-order chi connectivity index (χ1) is 5.17. The Morgan fingerprint density at radius 1 is 1.55 bits per heavy atom. The van der Waals surface area contributed by atoms with Gasteiger partial charge in [0.05, 0.1) is 0 Å². The second kappa shape index (κ2) is 3.22. The fourth-order valence-corrected chi connectivity index (χ4v) is 1.48. The highest BCUT2D eigenvalue weighted by Crippen LogP contribution is 2.34. The Labute approximate surface area is 69.0 Å². The van der Waals surface area contributed by atoms with Gasteiger partial charge in [-0.15, -0.1) is 0 Å². The van der Waals surface area contributed by atoms with Gasteiger partial charge in [-0.05, 0) is 24.8 Å². The third-order valence-electron chi connectivity index (χ3n) is 2.34. The molecule has 0 aromatic heterocycles. The van der Waals surface area contributed by atoms with E-state index in [2.05, 4.69) is 32.1 Å². The third kappa shape index (κ3) is 1.93. The predicted octanol–water partition coefficient (Wildman–Crippen LogP) is 2.25. The van der Waals surface area contributed by atoms with E-state index in [1.54, 1.807) is 0 Å². The maximum Gasteiger partial charge on any atom is -0.00396 e. The normalized spacial score (nSPS) is 21.5. The van der Waals surface area contributed by atoms with Crippen molar-refractivity contribution in [3.8, 4) is 0 Å². The Morgan fingerprint density at radius 2 is 2.27 bits per heavy atom. The molecule has 0 aromatic carbocycles. The minimum atomic E-state index is 0.341. The van der Waals surface area contributed by atoms with Crippen LogP contribution in [0.4, 0.5) is 0 Å². The summed E-state index contributed by atoms with van der Waals surface area (Å²) in [6.45, 7) is 5.32. The van der Waals surface area contributed by atoms with Crippen LogP contribution in [0.2, 0.25) is 0 Å². The van der Waals surface area contributed by atoms with E-state index in [1.807, 2.05) is 0 Å². The summed E-state index contributed by atoms with van der Waals surface area (Å²) < 4.78 is 0. The molecule has 1 heteroatoms. The molecule has 11 heavy (non-hydrogen) atoms. The molecule has 1 aliphatic rings. The minimum absolute atomic E-state index is 0.341. The van der Waals surface area contributed by atoms with Crippen LogP contribution in [0, 0.1) is 5.41 Å². The fraction of sp³-hybridized carbons (Fsp3) is 0.600. The maximum absolute atomic E-state index is 5.52. The van der Waals surface area contributed by atoms with E-state index in [-0.39, 0.29) is 0 Å². The molecule has 0 spiro atoms. The molecule has 0 saturated carbocycles. The first-order valence-electron chi connectivity index (χ1n) is 4.23. The van der Waals surface area contributed by atoms with Crippen LogP contribution >= 0.6 is 0 Å². The van der Waals surface area contributed by atoms with Gasteiger partial charge in [0.1, 0.15) is 0 Å². The molecule has 0 bridgehead atoms. The second-order valence-electron chi connectivity index (χ2n) is 3.75. The zero-order chi connectivity index (χ0) is 8.32. The van der Waals surface area contributed by atoms with Crippen LogP contribution in [0.15, 0.2) is 23.8 Å². The molecule has 0 atom stereocenters. The van der Waals surface area contributed by atoms with Crippen molar-refractivity contribution in [3.05, 3.63) is 23.8 Å². The highest BCUT2D eigenvalue weighted by molar-refractivity contribution is 5.24. The van der Waals surface area contributed by atoms with Gasteiger partial charge in [-0.25, -0.2) is 0 Å². The standard InChI is InChI=1S/C10H17N/c1-10(2)7-4-3-5-9(10)6-8-11/h3-5H,6-8,11H2,1-2H3. The third-order valence-corrected chi connectivity index (χ3v) is 2.34. The number of hydrogen-bond acceptors (Lipinski definition) is 1. The molecule has 0 aliphatic heterocycles. The molecule has 0 radical (unpaired) electrons. The van der Waals surface area contributed by atoms with Gasteiger partial charge in [0.15, 0.2) is 0 Å². The van der Waals surface area contributed by atoms with E-state index in [9.17, 15) is 0 Å². The molecule has 0 fully saturated rings. The number of rotatable bonds is 2. The quantitative estimate of drug-likeness (QED) is 0.643. The summed E-state index contributed by atoms with van der Waals surface area (Å²) in [6, 6.07) is 0. The van der Waals surface area contributed by atoms with Crippen LogP contribution in [0.3, 0.4) is 0 Å². The summed E-state index contributed by atoms with van der Waals surface area (Å²) in [4.78, 5) is 0. The van der Waals surface area contributed by atoms with Crippen LogP contribution in [0.1, 0.15) is 26.7 Å². The summed E-state index contributed by atoms with van der Waals surface area (Å²) in [5.74, 6) is 0. The molecule has 0 saturated heterocycles. The molecule has 2 N–H and O–H groups in total. The Morgan fingerprint density at radius 3 is 2.82 bits per heavy atom. The molecule has 1 nitrogen and oxygen atoms in total. The molecule has 0 aromatic rings. The highest BCUT2D eigenvalue weighted by atomic mass is 14.5. The van der Waals surface area contributed by atoms with E-state index in [1.165, 1.54) is 5.57 Å². The molecule has 62 valence electrons. The lowest BCUT2D eigenvalue weighted by Gasteiger charge is -2.28. The van der Waals surface area contributed by atoms with Crippen LogP contribution in [0.5, 0.6) is 0 Å². The lowest BCUT2D eigenvalue weighted by atomic mass is 9.77. The van der Waals surface area contributed by atoms with Crippen molar-refractivity contribution in [1.82, 2.24) is 0 Å². The van der Waals surface area contributed by atoms with Crippen LogP contribution < -0.4 is 5.73 Å². The lowest BCUT2D eigenvalue weighted by molar-refractivity contribution is 0.432. The van der Waals surface area contributed by atoms with Crippen molar-refractivity contribution in [2.24, 2.45) is 11.1 Å². The summed E-state index contributed by atoms with van der Waals surface area (Å²) in [5.41, 5.74) is 7.35. The molecular weight excluding hydrogens is 134 g/mol. The van der Waals surface area contributed by atoms with E-state index in [0.29, 0.717) is 5.41 Å². The van der Waals surface area contributed by atoms with Crippen molar-refractivity contribution in [2.75, 3.05) is 6.54 Å². The molecule has 1 aliphatic carbocycles. The van der Waals surface area contributed by atoms with Gasteiger partial charge in [0, 0.05) is 0 Å². The summed E-state index contributed by atoms with van der Waals surface area (Å²) in [7, 11) is 0. The van der Waals surface area contributed by atoms with E-state index < -0.39 is 0 Å². The molecule has 1 rings (SSSR count). The van der Waals surface area contributed by atoms with Gasteiger partial charge in [-0.3, -0.25) is 0 Å². The monoisotopic (exact) mass is 151 g/mol. The smallest absolute Gasteiger partial charge is 0.00396 e. The van der Waals surface area contributed by atoms with Gasteiger partial charge in [-0.1, -0.05) is 37.6 Å². The van der Waals surface area contributed by atoms with Crippen molar-refractivity contribution in [1.29, 1.82) is 0 Å². The molecule has 0 amide bonds. The van der Waals surface area contributed by atoms with Crippen LogP contribution in [-0.2, 0) is 0 Å². The zero-order valence-electron chi connectivity index (χ0n) is 7.43. The van der Waals surface area contributed by atoms with Crippen molar-refractivity contribution < 1.29 is 0 Å². The molecule has 0 heterocycles. The summed E-state index contributed by atoms with van der Waals surface area (Å²) >= 11 is 0. The van der Waals surface area contributed by atoms with Gasteiger partial charge in [0.25, 0.3) is 0 Å². The van der Waals surface area contributed by atoms with Gasteiger partial charge >= 0.3 is 0 Å². The molecular formula is C10H17N. The first-order valence-corrected chi connectivity index (χ1v) is 4.23. The minimum Gasteiger partial charge on any atom is -0.330 e. The van der Waals surface area contributed by atoms with E-state index in [4.69, 9.17) is 5.73 Å². The van der Waals surface area contributed by atoms with Gasteiger partial charge in [0.2, 0.25) is 0 Å². The number of nitrogens with two attached hydrogens (primary N) is 1. The van der Waals surface area contributed by atoms with Crippen molar-refractivity contribution >= 4 is 0 Å². The average Bonchev–Trinajstić information content (AvgIpc) is 1.94. The summed E-state index contributed by atoms with van der Waals surface area (Å²) in [6.07, 6.45) is 8.75. The lowest BCUT2D eigenvalue weighted by Crippen LogP contribution is -2.18. The Bertz CT molecular complexity index is 187. The topological polar surface area (TPSA) is 26.0 Å². The zero-order valence-corrected chi connectivity index (χ0v) is 7.43. The van der Waals surface area contributed by atoms with Crippen LogP contribution in [-0.4, -0.2) is 6.54 Å². The van der Waals surface area contributed by atoms with Gasteiger partial charge in [-0.2, -0.15) is 0 Å². The Balaban J connectivity index is 2.71. The second-order valence-corrected chi connectivity index (χ2v) is 3.75. The predicted molar refractivity (Wildman–Crippen MR) is 49.3 cm³/mol. The Hall–Kier alpha value is -0.560. The van der Waals surface area contributed by atoms with Crippen LogP contribution in [0.25, 0.3) is 0 Å². The number of hydrogen-bond donors (Lipinski definition) is 1. The largest absolute Gasteiger partial charge is 0.330 e. The summed E-state index contributed by atoms with van der Waals surface area (Å²) in [5, 5.41) is 0. The fourth-order valence-electron chi connectivity index (χ4n) is 1.48. The van der Waals surface area contributed by atoms with Gasteiger partial charge < -0.3 is 5.73 Å².